The second-order valence-electron chi connectivity index (χ2n) is 12.2. The zero-order valence-electron chi connectivity index (χ0n) is 25.2. The van der Waals surface area contributed by atoms with Crippen molar-refractivity contribution in [3.05, 3.63) is 72.2 Å². The van der Waals surface area contributed by atoms with Gasteiger partial charge in [0, 0.05) is 53.6 Å². The van der Waals surface area contributed by atoms with E-state index < -0.39 is 10.0 Å². The predicted molar refractivity (Wildman–Crippen MR) is 174 cm³/mol. The van der Waals surface area contributed by atoms with Crippen LogP contribution in [-0.4, -0.2) is 71.2 Å². The number of pyridine rings is 1. The van der Waals surface area contributed by atoms with Gasteiger partial charge in [-0.25, -0.2) is 17.4 Å². The first-order valence-corrected chi connectivity index (χ1v) is 16.8. The summed E-state index contributed by atoms with van der Waals surface area (Å²) in [6, 6.07) is 15.2. The summed E-state index contributed by atoms with van der Waals surface area (Å²) in [5.41, 5.74) is 5.31. The fourth-order valence-electron chi connectivity index (χ4n) is 5.97. The number of carbonyl (C=O) groups excluding carboxylic acids is 1. The number of carbonyl (C=O) groups is 1. The van der Waals surface area contributed by atoms with Crippen molar-refractivity contribution in [1.82, 2.24) is 24.2 Å². The van der Waals surface area contributed by atoms with Crippen molar-refractivity contribution in [2.75, 3.05) is 32.8 Å². The van der Waals surface area contributed by atoms with Crippen LogP contribution in [0.1, 0.15) is 42.6 Å². The number of nitrogens with zero attached hydrogens (tertiary/aromatic N) is 4. The Hall–Kier alpha value is -4.66. The molecule has 1 saturated carbocycles. The lowest BCUT2D eigenvalue weighted by Crippen LogP contribution is -2.38. The molecule has 1 amide bonds. The Morgan fingerprint density at radius 2 is 1.93 bits per heavy atom. The molecule has 11 heteroatoms. The second-order valence-corrected chi connectivity index (χ2v) is 14.3. The van der Waals surface area contributed by atoms with Crippen LogP contribution in [0, 0.1) is 17.2 Å². The molecule has 0 unspecified atom stereocenters. The Kier molecular flexibility index (Phi) is 7.34. The summed E-state index contributed by atoms with van der Waals surface area (Å²) in [7, 11) is -3.53. The zero-order valence-corrected chi connectivity index (χ0v) is 26.0. The maximum absolute atomic E-state index is 13.3. The first-order chi connectivity index (χ1) is 21.7. The number of nitrogens with one attached hydrogen (secondary N) is 2. The van der Waals surface area contributed by atoms with Crippen molar-refractivity contribution >= 4 is 37.9 Å². The molecule has 0 bridgehead atoms. The van der Waals surface area contributed by atoms with E-state index in [0.29, 0.717) is 77.4 Å². The van der Waals surface area contributed by atoms with Crippen molar-refractivity contribution < 1.29 is 17.9 Å². The number of H-pyrrole nitrogens is 1. The Bertz CT molecular complexity index is 2100. The second kappa shape index (κ2) is 11.4. The Balaban J connectivity index is 1.22. The van der Waals surface area contributed by atoms with Crippen LogP contribution in [0.2, 0.25) is 0 Å². The monoisotopic (exact) mass is 622 g/mol. The summed E-state index contributed by atoms with van der Waals surface area (Å²) in [5, 5.41) is 14.4. The molecule has 0 saturated heterocycles. The minimum Gasteiger partial charge on any atom is -0.491 e. The summed E-state index contributed by atoms with van der Waals surface area (Å²) < 4.78 is 33.7. The quantitative estimate of drug-likeness (QED) is 0.218. The average molecular weight is 623 g/mol. The highest BCUT2D eigenvalue weighted by molar-refractivity contribution is 7.91. The van der Waals surface area contributed by atoms with E-state index in [2.05, 4.69) is 35.2 Å². The van der Waals surface area contributed by atoms with Gasteiger partial charge >= 0.3 is 0 Å². The molecule has 0 radical (unpaired) electrons. The smallest absolute Gasteiger partial charge is 0.257 e. The molecular formula is C34H34N6O4S. The Morgan fingerprint density at radius 3 is 2.71 bits per heavy atom. The van der Waals surface area contributed by atoms with Crippen molar-refractivity contribution in [1.29, 1.82) is 5.26 Å². The van der Waals surface area contributed by atoms with Gasteiger partial charge in [-0.05, 0) is 72.8 Å². The molecule has 7 rings (SSSR count). The SMILES string of the molecule is CC(C)CNCCN1CCOc2cc(-c3cnc4[nH]cc(-c5cc(C#N)c6ccn(S(=O)(=O)C7CC7)c6c5)c4c3)ccc2C1=O. The molecule has 45 heavy (non-hydrogen) atoms. The molecule has 10 nitrogen and oxygen atoms in total. The lowest BCUT2D eigenvalue weighted by Gasteiger charge is -2.20. The molecular weight excluding hydrogens is 588 g/mol. The number of benzene rings is 2. The van der Waals surface area contributed by atoms with Gasteiger partial charge in [-0.15, -0.1) is 0 Å². The highest BCUT2D eigenvalue weighted by Crippen LogP contribution is 2.38. The largest absolute Gasteiger partial charge is 0.491 e. The van der Waals surface area contributed by atoms with E-state index in [0.717, 1.165) is 35.2 Å². The zero-order chi connectivity index (χ0) is 31.3. The van der Waals surface area contributed by atoms with Gasteiger partial charge in [0.05, 0.1) is 34.5 Å². The summed E-state index contributed by atoms with van der Waals surface area (Å²) in [6.07, 6.45) is 6.45. The van der Waals surface area contributed by atoms with Crippen LogP contribution >= 0.6 is 0 Å². The predicted octanol–water partition coefficient (Wildman–Crippen LogP) is 5.14. The lowest BCUT2D eigenvalue weighted by atomic mass is 9.98. The minimum atomic E-state index is -3.53. The number of hydrogen-bond donors (Lipinski definition) is 2. The van der Waals surface area contributed by atoms with E-state index >= 15 is 0 Å². The van der Waals surface area contributed by atoms with Gasteiger partial charge in [-0.1, -0.05) is 19.9 Å². The van der Waals surface area contributed by atoms with Gasteiger partial charge in [0.15, 0.2) is 0 Å². The number of fused-ring (bicyclic) bond motifs is 3. The molecule has 3 aromatic heterocycles. The van der Waals surface area contributed by atoms with Gasteiger partial charge in [0.25, 0.3) is 5.91 Å². The number of rotatable bonds is 9. The minimum absolute atomic E-state index is 0.0426. The van der Waals surface area contributed by atoms with E-state index in [1.165, 1.54) is 3.97 Å². The maximum atomic E-state index is 13.3. The Labute approximate surface area is 261 Å². The molecule has 230 valence electrons. The summed E-state index contributed by atoms with van der Waals surface area (Å²) >= 11 is 0. The number of hydrogen-bond acceptors (Lipinski definition) is 7. The number of nitriles is 1. The average Bonchev–Trinajstić information content (AvgIpc) is 3.72. The van der Waals surface area contributed by atoms with E-state index in [1.807, 2.05) is 41.4 Å². The van der Waals surface area contributed by atoms with Crippen LogP contribution in [0.5, 0.6) is 5.75 Å². The Morgan fingerprint density at radius 1 is 1.09 bits per heavy atom. The summed E-state index contributed by atoms with van der Waals surface area (Å²) in [4.78, 5) is 23.0. The van der Waals surface area contributed by atoms with Crippen LogP contribution in [0.25, 0.3) is 44.2 Å². The van der Waals surface area contributed by atoms with Gasteiger partial charge in [0.2, 0.25) is 10.0 Å². The maximum Gasteiger partial charge on any atom is 0.257 e. The topological polar surface area (TPSA) is 133 Å². The van der Waals surface area contributed by atoms with Crippen LogP contribution in [0.3, 0.4) is 0 Å². The fourth-order valence-corrected chi connectivity index (χ4v) is 7.68. The molecule has 1 aliphatic heterocycles. The number of ether oxygens (including phenoxy) is 1. The standard InChI is InChI=1S/C34H34N6O4S/c1-21(2)18-36-8-10-39-11-12-44-32-16-22(3-6-28(32)34(39)41)25-14-29-30(20-38-33(29)37-19-25)23-13-24(17-35)27-7-9-40(31(27)15-23)45(42,43)26-4-5-26/h3,6-7,9,13-16,19-21,26,36H,4-5,8,10-12,18H2,1-2H3,(H,37,38). The third-order valence-corrected chi connectivity index (χ3v) is 10.7. The molecule has 2 aliphatic rings. The van der Waals surface area contributed by atoms with Gasteiger partial charge in [-0.2, -0.15) is 5.26 Å². The van der Waals surface area contributed by atoms with E-state index in [-0.39, 0.29) is 11.2 Å². The van der Waals surface area contributed by atoms with Crippen molar-refractivity contribution in [2.45, 2.75) is 31.9 Å². The molecule has 1 fully saturated rings. The van der Waals surface area contributed by atoms with E-state index in [4.69, 9.17) is 4.74 Å². The highest BCUT2D eigenvalue weighted by atomic mass is 32.2. The molecule has 0 spiro atoms. The molecule has 4 heterocycles. The van der Waals surface area contributed by atoms with Crippen LogP contribution < -0.4 is 10.1 Å². The molecule has 5 aromatic rings. The number of amides is 1. The fraction of sp³-hybridized carbons (Fsp3) is 0.324. The first-order valence-electron chi connectivity index (χ1n) is 15.3. The number of aromatic amines is 1. The van der Waals surface area contributed by atoms with Crippen LogP contribution in [-0.2, 0) is 10.0 Å². The molecule has 2 N–H and O–H groups in total. The summed E-state index contributed by atoms with van der Waals surface area (Å²) in [5.74, 6) is 1.05. The molecule has 0 atom stereocenters. The molecule has 1 aliphatic carbocycles. The van der Waals surface area contributed by atoms with Crippen LogP contribution in [0.4, 0.5) is 0 Å². The van der Waals surface area contributed by atoms with Gasteiger partial charge < -0.3 is 19.9 Å². The highest BCUT2D eigenvalue weighted by Gasteiger charge is 2.37. The summed E-state index contributed by atoms with van der Waals surface area (Å²) in [6.45, 7) is 7.49. The number of aromatic nitrogens is 3. The van der Waals surface area contributed by atoms with Crippen molar-refractivity contribution in [3.8, 4) is 34.1 Å². The normalized spacial score (nSPS) is 15.3. The van der Waals surface area contributed by atoms with Crippen molar-refractivity contribution in [3.63, 3.8) is 0 Å². The third-order valence-electron chi connectivity index (χ3n) is 8.52. The lowest BCUT2D eigenvalue weighted by molar-refractivity contribution is 0.0757. The van der Waals surface area contributed by atoms with Crippen LogP contribution in [0.15, 0.2) is 61.1 Å². The van der Waals surface area contributed by atoms with E-state index in [9.17, 15) is 18.5 Å². The van der Waals surface area contributed by atoms with Crippen molar-refractivity contribution in [2.24, 2.45) is 5.92 Å². The third kappa shape index (κ3) is 5.34. The van der Waals surface area contributed by atoms with Gasteiger partial charge in [0.1, 0.15) is 18.0 Å². The molecule has 2 aromatic carbocycles. The van der Waals surface area contributed by atoms with Gasteiger partial charge in [-0.3, -0.25) is 4.79 Å². The first kappa shape index (κ1) is 29.1. The van der Waals surface area contributed by atoms with E-state index in [1.54, 1.807) is 24.5 Å².